The van der Waals surface area contributed by atoms with Crippen LogP contribution in [0, 0.1) is 6.92 Å². The van der Waals surface area contributed by atoms with Crippen molar-refractivity contribution in [2.75, 3.05) is 12.1 Å². The molecule has 0 saturated carbocycles. The Kier molecular flexibility index (Phi) is 3.42. The van der Waals surface area contributed by atoms with Crippen LogP contribution in [0.2, 0.25) is 0 Å². The highest BCUT2D eigenvalue weighted by atomic mass is 16.7. The highest BCUT2D eigenvalue weighted by molar-refractivity contribution is 5.91. The monoisotopic (exact) mass is 321 g/mol. The Morgan fingerprint density at radius 2 is 1.92 bits per heavy atom. The third-order valence-corrected chi connectivity index (χ3v) is 3.82. The fraction of sp³-hybridized carbons (Fsp3) is 0.111. The average molecular weight is 321 g/mol. The van der Waals surface area contributed by atoms with Gasteiger partial charge in [0.05, 0.1) is 5.69 Å². The molecule has 0 unspecified atom stereocenters. The smallest absolute Gasteiger partial charge is 0.346 e. The second kappa shape index (κ2) is 5.73. The van der Waals surface area contributed by atoms with Crippen LogP contribution in [0.15, 0.2) is 54.7 Å². The Bertz CT molecular complexity index is 903. The molecule has 6 nitrogen and oxygen atoms in total. The molecule has 24 heavy (non-hydrogen) atoms. The zero-order valence-corrected chi connectivity index (χ0v) is 13.0. The molecule has 1 amide bonds. The second-order valence-corrected chi connectivity index (χ2v) is 5.44. The standard InChI is InChI=1S/C18H15N3O3/c1-12-15(13-7-8-16-17(9-13)24-11-23-16)10-21(20-12)18(22)19-14-5-3-2-4-6-14/h2-10H,11H2,1H3,(H,19,22). The molecule has 120 valence electrons. The van der Waals surface area contributed by atoms with Crippen molar-refractivity contribution in [3.8, 4) is 22.6 Å². The van der Waals surface area contributed by atoms with Gasteiger partial charge >= 0.3 is 6.03 Å². The fourth-order valence-electron chi connectivity index (χ4n) is 2.61. The number of nitrogens with zero attached hydrogens (tertiary/aromatic N) is 2. The van der Waals surface area contributed by atoms with Gasteiger partial charge in [-0.3, -0.25) is 0 Å². The number of rotatable bonds is 2. The van der Waals surface area contributed by atoms with Gasteiger partial charge in [0.15, 0.2) is 11.5 Å². The summed E-state index contributed by atoms with van der Waals surface area (Å²) in [5.74, 6) is 1.43. The Labute approximate surface area is 138 Å². The first-order valence-corrected chi connectivity index (χ1v) is 7.53. The number of amides is 1. The van der Waals surface area contributed by atoms with Crippen molar-refractivity contribution in [3.63, 3.8) is 0 Å². The molecule has 0 bridgehead atoms. The van der Waals surface area contributed by atoms with E-state index in [1.807, 2.05) is 55.5 Å². The Morgan fingerprint density at radius 1 is 1.12 bits per heavy atom. The largest absolute Gasteiger partial charge is 0.454 e. The van der Waals surface area contributed by atoms with E-state index < -0.39 is 0 Å². The van der Waals surface area contributed by atoms with Crippen molar-refractivity contribution < 1.29 is 14.3 Å². The number of anilines is 1. The van der Waals surface area contributed by atoms with Crippen LogP contribution in [0.1, 0.15) is 5.69 Å². The van der Waals surface area contributed by atoms with Crippen molar-refractivity contribution in [2.24, 2.45) is 0 Å². The van der Waals surface area contributed by atoms with E-state index in [0.717, 1.165) is 28.3 Å². The molecule has 0 atom stereocenters. The van der Waals surface area contributed by atoms with E-state index in [1.54, 1.807) is 6.20 Å². The van der Waals surface area contributed by atoms with Crippen LogP contribution in [-0.2, 0) is 0 Å². The maximum atomic E-state index is 12.3. The van der Waals surface area contributed by atoms with Gasteiger partial charge in [-0.05, 0) is 36.8 Å². The minimum absolute atomic E-state index is 0.233. The number of aryl methyl sites for hydroxylation is 1. The molecule has 1 aliphatic rings. The molecule has 4 rings (SSSR count). The molecule has 0 saturated heterocycles. The summed E-state index contributed by atoms with van der Waals surface area (Å²) in [5, 5.41) is 7.12. The first-order chi connectivity index (χ1) is 11.7. The third-order valence-electron chi connectivity index (χ3n) is 3.82. The van der Waals surface area contributed by atoms with Crippen LogP contribution < -0.4 is 14.8 Å². The zero-order valence-electron chi connectivity index (χ0n) is 13.0. The van der Waals surface area contributed by atoms with Crippen LogP contribution in [0.5, 0.6) is 11.5 Å². The number of fused-ring (bicyclic) bond motifs is 1. The van der Waals surface area contributed by atoms with Gasteiger partial charge < -0.3 is 14.8 Å². The van der Waals surface area contributed by atoms with Gasteiger partial charge in [0.1, 0.15) is 0 Å². The molecule has 2 heterocycles. The molecular weight excluding hydrogens is 306 g/mol. The van der Waals surface area contributed by atoms with Crippen LogP contribution in [-0.4, -0.2) is 22.6 Å². The fourth-order valence-corrected chi connectivity index (χ4v) is 2.61. The van der Waals surface area contributed by atoms with E-state index in [1.165, 1.54) is 4.68 Å². The lowest BCUT2D eigenvalue weighted by molar-refractivity contribution is 0.174. The predicted molar refractivity (Wildman–Crippen MR) is 89.4 cm³/mol. The maximum absolute atomic E-state index is 12.3. The molecule has 2 aromatic carbocycles. The molecular formula is C18H15N3O3. The van der Waals surface area contributed by atoms with Crippen molar-refractivity contribution in [1.29, 1.82) is 0 Å². The van der Waals surface area contributed by atoms with E-state index in [-0.39, 0.29) is 12.8 Å². The number of aromatic nitrogens is 2. The highest BCUT2D eigenvalue weighted by Gasteiger charge is 2.17. The Hall–Kier alpha value is -3.28. The number of nitrogens with one attached hydrogen (secondary N) is 1. The van der Waals surface area contributed by atoms with Crippen molar-refractivity contribution in [2.45, 2.75) is 6.92 Å². The molecule has 0 fully saturated rings. The van der Waals surface area contributed by atoms with E-state index in [2.05, 4.69) is 10.4 Å². The third kappa shape index (κ3) is 2.58. The van der Waals surface area contributed by atoms with E-state index >= 15 is 0 Å². The normalized spacial score (nSPS) is 12.2. The molecule has 0 radical (unpaired) electrons. The van der Waals surface area contributed by atoms with Gasteiger partial charge in [-0.25, -0.2) is 4.79 Å². The van der Waals surface area contributed by atoms with Crippen molar-refractivity contribution in [1.82, 2.24) is 9.78 Å². The SMILES string of the molecule is Cc1nn(C(=O)Nc2ccccc2)cc1-c1ccc2c(c1)OCO2. The van der Waals surface area contributed by atoms with Crippen LogP contribution in [0.3, 0.4) is 0 Å². The quantitative estimate of drug-likeness (QED) is 0.782. The summed E-state index contributed by atoms with van der Waals surface area (Å²) in [7, 11) is 0. The van der Waals surface area contributed by atoms with Crippen molar-refractivity contribution >= 4 is 11.7 Å². The van der Waals surface area contributed by atoms with Crippen LogP contribution in [0.4, 0.5) is 10.5 Å². The molecule has 1 N–H and O–H groups in total. The van der Waals surface area contributed by atoms with Gasteiger partial charge in [-0.1, -0.05) is 24.3 Å². The molecule has 1 aliphatic heterocycles. The van der Waals surface area contributed by atoms with E-state index in [9.17, 15) is 4.79 Å². The first-order valence-electron chi connectivity index (χ1n) is 7.53. The number of carbonyl (C=O) groups excluding carboxylic acids is 1. The summed E-state index contributed by atoms with van der Waals surface area (Å²) in [6, 6.07) is 14.6. The summed E-state index contributed by atoms with van der Waals surface area (Å²) < 4.78 is 12.0. The lowest BCUT2D eigenvalue weighted by Gasteiger charge is -2.04. The second-order valence-electron chi connectivity index (χ2n) is 5.44. The van der Waals surface area contributed by atoms with Gasteiger partial charge in [-0.15, -0.1) is 0 Å². The van der Waals surface area contributed by atoms with Crippen LogP contribution in [0.25, 0.3) is 11.1 Å². The number of hydrogen-bond acceptors (Lipinski definition) is 4. The van der Waals surface area contributed by atoms with Gasteiger partial charge in [0, 0.05) is 17.4 Å². The minimum atomic E-state index is -0.309. The number of para-hydroxylation sites is 1. The lowest BCUT2D eigenvalue weighted by Crippen LogP contribution is -2.19. The predicted octanol–water partition coefficient (Wildman–Crippen LogP) is 3.67. The summed E-state index contributed by atoms with van der Waals surface area (Å²) in [6.45, 7) is 2.10. The van der Waals surface area contributed by atoms with Gasteiger partial charge in [-0.2, -0.15) is 9.78 Å². The number of hydrogen-bond donors (Lipinski definition) is 1. The summed E-state index contributed by atoms with van der Waals surface area (Å²) in [6.07, 6.45) is 1.71. The van der Waals surface area contributed by atoms with Gasteiger partial charge in [0.25, 0.3) is 0 Å². The molecule has 6 heteroatoms. The average Bonchev–Trinajstić information content (AvgIpc) is 3.21. The lowest BCUT2D eigenvalue weighted by atomic mass is 10.1. The molecule has 3 aromatic rings. The minimum Gasteiger partial charge on any atom is -0.454 e. The van der Waals surface area contributed by atoms with Crippen LogP contribution >= 0.6 is 0 Å². The highest BCUT2D eigenvalue weighted by Crippen LogP contribution is 2.36. The van der Waals surface area contributed by atoms with E-state index in [0.29, 0.717) is 5.75 Å². The first kappa shape index (κ1) is 14.3. The topological polar surface area (TPSA) is 65.4 Å². The summed E-state index contributed by atoms with van der Waals surface area (Å²) in [4.78, 5) is 12.3. The molecule has 0 spiro atoms. The number of carbonyl (C=O) groups is 1. The van der Waals surface area contributed by atoms with E-state index in [4.69, 9.17) is 9.47 Å². The molecule has 0 aliphatic carbocycles. The number of ether oxygens (including phenoxy) is 2. The summed E-state index contributed by atoms with van der Waals surface area (Å²) in [5.41, 5.74) is 3.28. The Balaban J connectivity index is 1.61. The summed E-state index contributed by atoms with van der Waals surface area (Å²) >= 11 is 0. The number of benzene rings is 2. The molecule has 1 aromatic heterocycles. The zero-order chi connectivity index (χ0) is 16.5. The Morgan fingerprint density at radius 3 is 2.75 bits per heavy atom. The van der Waals surface area contributed by atoms with Crippen molar-refractivity contribution in [3.05, 3.63) is 60.4 Å². The van der Waals surface area contributed by atoms with Gasteiger partial charge in [0.2, 0.25) is 6.79 Å². The maximum Gasteiger partial charge on any atom is 0.346 e.